The average molecular weight is 441 g/mol. The van der Waals surface area contributed by atoms with Gasteiger partial charge in [0, 0.05) is 16.3 Å². The average Bonchev–Trinajstić information content (AvgIpc) is 3.39. The summed E-state index contributed by atoms with van der Waals surface area (Å²) in [5.74, 6) is 0.848. The highest BCUT2D eigenvalue weighted by Crippen LogP contribution is 2.26. The summed E-state index contributed by atoms with van der Waals surface area (Å²) in [7, 11) is 0. The molecule has 30 heavy (non-hydrogen) atoms. The predicted molar refractivity (Wildman–Crippen MR) is 115 cm³/mol. The van der Waals surface area contributed by atoms with Crippen molar-refractivity contribution in [3.63, 3.8) is 0 Å². The van der Waals surface area contributed by atoms with Crippen LogP contribution in [0, 0.1) is 13.8 Å². The van der Waals surface area contributed by atoms with E-state index in [4.69, 9.17) is 20.8 Å². The maximum atomic E-state index is 12.9. The fraction of sp³-hybridized carbons (Fsp3) is 0.143. The van der Waals surface area contributed by atoms with Crippen LogP contribution in [0.3, 0.4) is 0 Å². The second-order valence-corrected chi connectivity index (χ2v) is 8.01. The highest BCUT2D eigenvalue weighted by Gasteiger charge is 2.17. The van der Waals surface area contributed by atoms with Crippen molar-refractivity contribution in [1.29, 1.82) is 0 Å². The number of carbonyl (C=O) groups excluding carboxylic acids is 1. The molecule has 4 rings (SSSR count). The van der Waals surface area contributed by atoms with Gasteiger partial charge in [-0.05, 0) is 55.8 Å². The molecule has 4 aromatic rings. The normalized spacial score (nSPS) is 10.8. The summed E-state index contributed by atoms with van der Waals surface area (Å²) in [6.45, 7) is 3.99. The van der Waals surface area contributed by atoms with Gasteiger partial charge in [0.25, 0.3) is 5.91 Å². The van der Waals surface area contributed by atoms with Gasteiger partial charge in [0.2, 0.25) is 12.3 Å². The van der Waals surface area contributed by atoms with Gasteiger partial charge in [-0.25, -0.2) is 4.98 Å². The fourth-order valence-corrected chi connectivity index (χ4v) is 3.77. The Hall–Kier alpha value is -3.23. The van der Waals surface area contributed by atoms with Crippen molar-refractivity contribution in [3.05, 3.63) is 75.0 Å². The summed E-state index contributed by atoms with van der Waals surface area (Å²) < 4.78 is 11.0. The molecule has 0 spiro atoms. The number of aromatic nitrogens is 3. The molecule has 0 aliphatic heterocycles. The zero-order chi connectivity index (χ0) is 21.1. The van der Waals surface area contributed by atoms with Crippen molar-refractivity contribution in [1.82, 2.24) is 15.2 Å². The van der Waals surface area contributed by atoms with Crippen LogP contribution >= 0.6 is 22.9 Å². The van der Waals surface area contributed by atoms with Crippen LogP contribution in [-0.2, 0) is 6.61 Å². The number of carbonyl (C=O) groups is 1. The van der Waals surface area contributed by atoms with Crippen molar-refractivity contribution in [2.75, 3.05) is 5.32 Å². The molecule has 0 radical (unpaired) electrons. The van der Waals surface area contributed by atoms with Gasteiger partial charge >= 0.3 is 0 Å². The molecule has 1 N–H and O–H groups in total. The number of amides is 1. The summed E-state index contributed by atoms with van der Waals surface area (Å²) in [6.07, 6.45) is 1.27. The van der Waals surface area contributed by atoms with E-state index < -0.39 is 0 Å². The van der Waals surface area contributed by atoms with E-state index in [2.05, 4.69) is 20.5 Å². The molecule has 7 nitrogen and oxygen atoms in total. The van der Waals surface area contributed by atoms with E-state index in [0.29, 0.717) is 37.9 Å². The molecule has 0 fully saturated rings. The number of hydrogen-bond donors (Lipinski definition) is 1. The highest BCUT2D eigenvalue weighted by atomic mass is 35.5. The predicted octanol–water partition coefficient (Wildman–Crippen LogP) is 5.29. The van der Waals surface area contributed by atoms with Crippen molar-refractivity contribution < 1.29 is 13.9 Å². The van der Waals surface area contributed by atoms with Crippen molar-refractivity contribution in [3.8, 4) is 17.2 Å². The van der Waals surface area contributed by atoms with Gasteiger partial charge in [-0.2, -0.15) is 0 Å². The van der Waals surface area contributed by atoms with Crippen LogP contribution in [0.15, 0.2) is 53.3 Å². The Kier molecular flexibility index (Phi) is 5.78. The van der Waals surface area contributed by atoms with E-state index in [9.17, 15) is 4.79 Å². The molecular formula is C21H17ClN4O3S. The number of aryl methyl sites for hydroxylation is 2. The van der Waals surface area contributed by atoms with E-state index in [1.165, 1.54) is 17.7 Å². The second-order valence-electron chi connectivity index (χ2n) is 6.49. The summed E-state index contributed by atoms with van der Waals surface area (Å²) in [5, 5.41) is 11.9. The number of rotatable bonds is 6. The first-order valence-corrected chi connectivity index (χ1v) is 10.2. The number of nitrogens with zero attached hydrogens (tertiary/aromatic N) is 3. The first kappa shape index (κ1) is 20.1. The molecule has 0 atom stereocenters. The van der Waals surface area contributed by atoms with Gasteiger partial charge < -0.3 is 14.5 Å². The maximum Gasteiger partial charge on any atom is 0.267 e. The van der Waals surface area contributed by atoms with Gasteiger partial charge in [0.05, 0.1) is 5.69 Å². The van der Waals surface area contributed by atoms with Crippen LogP contribution in [0.4, 0.5) is 5.69 Å². The highest BCUT2D eigenvalue weighted by molar-refractivity contribution is 7.13. The van der Waals surface area contributed by atoms with Gasteiger partial charge in [0.1, 0.15) is 22.2 Å². The summed E-state index contributed by atoms with van der Waals surface area (Å²) in [5.41, 5.74) is 2.96. The molecule has 0 saturated heterocycles. The van der Waals surface area contributed by atoms with Crippen molar-refractivity contribution >= 4 is 34.5 Å². The van der Waals surface area contributed by atoms with E-state index >= 15 is 0 Å². The Balaban J connectivity index is 1.47. The van der Waals surface area contributed by atoms with Crippen LogP contribution in [-0.4, -0.2) is 21.1 Å². The molecule has 0 aliphatic rings. The zero-order valence-corrected chi connectivity index (χ0v) is 17.8. The van der Waals surface area contributed by atoms with Crippen LogP contribution in [0.5, 0.6) is 5.75 Å². The Morgan fingerprint density at radius 3 is 2.73 bits per heavy atom. The quantitative estimate of drug-likeness (QED) is 0.437. The number of nitrogens with one attached hydrogen (secondary N) is 1. The minimum absolute atomic E-state index is 0.228. The van der Waals surface area contributed by atoms with Crippen LogP contribution in [0.25, 0.3) is 11.5 Å². The molecule has 2 heterocycles. The number of benzene rings is 2. The Labute approximate surface area is 181 Å². The number of hydrogen-bond acceptors (Lipinski definition) is 7. The third-order valence-corrected chi connectivity index (χ3v) is 5.70. The third-order valence-electron chi connectivity index (χ3n) is 4.32. The van der Waals surface area contributed by atoms with Gasteiger partial charge in [0.15, 0.2) is 0 Å². The minimum atomic E-state index is -0.228. The molecule has 9 heteroatoms. The zero-order valence-electron chi connectivity index (χ0n) is 16.2. The lowest BCUT2D eigenvalue weighted by Gasteiger charge is -2.09. The fourth-order valence-electron chi connectivity index (χ4n) is 2.77. The van der Waals surface area contributed by atoms with E-state index in [1.54, 1.807) is 31.2 Å². The lowest BCUT2D eigenvalue weighted by atomic mass is 10.1. The van der Waals surface area contributed by atoms with E-state index in [-0.39, 0.29) is 12.5 Å². The van der Waals surface area contributed by atoms with Crippen LogP contribution < -0.4 is 10.1 Å². The lowest BCUT2D eigenvalue weighted by molar-refractivity contribution is 0.102. The molecule has 0 unspecified atom stereocenters. The standard InChI is InChI=1S/C21H17ClN4O3S/c1-12-3-4-14(21-26-23-11-29-21)9-17(12)25-20(27)19-13(2)24-18(30-19)10-28-16-7-5-15(22)6-8-16/h3-9,11H,10H2,1-2H3,(H,25,27). The maximum absolute atomic E-state index is 12.9. The summed E-state index contributed by atoms with van der Waals surface area (Å²) >= 11 is 7.18. The van der Waals surface area contributed by atoms with Crippen LogP contribution in [0.1, 0.15) is 25.9 Å². The molecule has 0 bridgehead atoms. The topological polar surface area (TPSA) is 90.1 Å². The monoisotopic (exact) mass is 440 g/mol. The van der Waals surface area contributed by atoms with Crippen LogP contribution in [0.2, 0.25) is 5.02 Å². The summed E-state index contributed by atoms with van der Waals surface area (Å²) in [4.78, 5) is 17.9. The smallest absolute Gasteiger partial charge is 0.267 e. The van der Waals surface area contributed by atoms with Gasteiger partial charge in [-0.15, -0.1) is 21.5 Å². The Morgan fingerprint density at radius 2 is 2.00 bits per heavy atom. The first-order valence-electron chi connectivity index (χ1n) is 9.03. The summed E-state index contributed by atoms with van der Waals surface area (Å²) in [6, 6.07) is 12.6. The Bertz CT molecular complexity index is 1170. The SMILES string of the molecule is Cc1ccc(-c2nnco2)cc1NC(=O)c1sc(COc2ccc(Cl)cc2)nc1C. The molecule has 0 saturated carbocycles. The van der Waals surface area contributed by atoms with E-state index in [0.717, 1.165) is 11.1 Å². The van der Waals surface area contributed by atoms with Gasteiger partial charge in [-0.1, -0.05) is 17.7 Å². The molecule has 0 aliphatic carbocycles. The molecule has 2 aromatic heterocycles. The molecule has 2 aromatic carbocycles. The number of anilines is 1. The Morgan fingerprint density at radius 1 is 1.20 bits per heavy atom. The number of thiazole rings is 1. The minimum Gasteiger partial charge on any atom is -0.486 e. The number of ether oxygens (including phenoxy) is 1. The van der Waals surface area contributed by atoms with Crippen molar-refractivity contribution in [2.24, 2.45) is 0 Å². The number of halogens is 1. The third kappa shape index (κ3) is 4.50. The molecule has 152 valence electrons. The first-order chi connectivity index (χ1) is 14.5. The lowest BCUT2D eigenvalue weighted by Crippen LogP contribution is -2.12. The molecular weight excluding hydrogens is 424 g/mol. The largest absolute Gasteiger partial charge is 0.486 e. The second kappa shape index (κ2) is 8.64. The molecule has 1 amide bonds. The van der Waals surface area contributed by atoms with Gasteiger partial charge in [-0.3, -0.25) is 4.79 Å². The van der Waals surface area contributed by atoms with E-state index in [1.807, 2.05) is 25.1 Å². The van der Waals surface area contributed by atoms with Crippen molar-refractivity contribution in [2.45, 2.75) is 20.5 Å².